The number of phenolic OH excluding ortho intramolecular Hbond substituents is 1. The first-order valence-electron chi connectivity index (χ1n) is 12.0. The third kappa shape index (κ3) is 7.07. The Bertz CT molecular complexity index is 872. The SMILES string of the molecule is [2H]c1c(O)c(C)c(C)c2c1CC[C@@](C)(CC/C=C(\C)CC/C=C(\C)CCC=C(C)C)O2. The van der Waals surface area contributed by atoms with Crippen LogP contribution in [0.3, 0.4) is 0 Å². The number of fused-ring (bicyclic) bond motifs is 1. The van der Waals surface area contributed by atoms with Crippen LogP contribution in [0.1, 0.15) is 97.6 Å². The van der Waals surface area contributed by atoms with Gasteiger partial charge in [-0.3, -0.25) is 0 Å². The quantitative estimate of drug-likeness (QED) is 0.414. The fourth-order valence-corrected chi connectivity index (χ4v) is 4.01. The molecule has 0 amide bonds. The molecular formula is C28H42O2. The average molecular weight is 412 g/mol. The minimum atomic E-state index is -0.216. The van der Waals surface area contributed by atoms with Crippen LogP contribution in [0.5, 0.6) is 11.5 Å². The number of rotatable bonds is 9. The predicted molar refractivity (Wildman–Crippen MR) is 130 cm³/mol. The summed E-state index contributed by atoms with van der Waals surface area (Å²) in [6.45, 7) is 14.8. The first-order valence-corrected chi connectivity index (χ1v) is 11.5. The number of ether oxygens (including phenoxy) is 1. The minimum absolute atomic E-state index is 0.100. The maximum atomic E-state index is 10.2. The molecule has 1 aromatic rings. The molecule has 0 unspecified atom stereocenters. The van der Waals surface area contributed by atoms with Crippen molar-refractivity contribution in [3.8, 4) is 11.5 Å². The highest BCUT2D eigenvalue weighted by atomic mass is 16.5. The largest absolute Gasteiger partial charge is 0.508 e. The molecule has 30 heavy (non-hydrogen) atoms. The van der Waals surface area contributed by atoms with E-state index in [1.165, 1.54) is 16.7 Å². The Morgan fingerprint density at radius 3 is 2.27 bits per heavy atom. The standard InChI is InChI=1S/C28H42O2/c1-20(2)11-8-12-21(3)13-9-14-22(4)15-10-17-28(7)18-16-25-19-26(29)23(5)24(6)27(25)30-28/h11,13,15,19,29H,8-10,12,14,16-18H2,1-7H3/b21-13+,22-15+/t28-/m1/s1/i19D. The van der Waals surface area contributed by atoms with E-state index >= 15 is 0 Å². The second kappa shape index (κ2) is 10.9. The molecule has 0 radical (unpaired) electrons. The lowest BCUT2D eigenvalue weighted by molar-refractivity contribution is 0.0560. The summed E-state index contributed by atoms with van der Waals surface area (Å²) in [5, 5.41) is 10.2. The Hall–Kier alpha value is -1.96. The van der Waals surface area contributed by atoms with Gasteiger partial charge in [-0.1, -0.05) is 34.9 Å². The smallest absolute Gasteiger partial charge is 0.126 e. The highest BCUT2D eigenvalue weighted by molar-refractivity contribution is 5.53. The minimum Gasteiger partial charge on any atom is -0.508 e. The first-order chi connectivity index (χ1) is 14.5. The highest BCUT2D eigenvalue weighted by Crippen LogP contribution is 2.41. The van der Waals surface area contributed by atoms with E-state index < -0.39 is 0 Å². The molecule has 0 aliphatic carbocycles. The molecule has 1 aliphatic heterocycles. The van der Waals surface area contributed by atoms with E-state index in [1.807, 2.05) is 13.8 Å². The second-order valence-electron chi connectivity index (χ2n) is 9.58. The number of allylic oxidation sites excluding steroid dienone is 6. The summed E-state index contributed by atoms with van der Waals surface area (Å²) in [5.41, 5.74) is 6.69. The van der Waals surface area contributed by atoms with Crippen molar-refractivity contribution in [2.24, 2.45) is 0 Å². The van der Waals surface area contributed by atoms with Crippen molar-refractivity contribution in [3.05, 3.63) is 57.7 Å². The Balaban J connectivity index is 1.88. The Labute approximate surface area is 186 Å². The van der Waals surface area contributed by atoms with Gasteiger partial charge in [0.1, 0.15) is 17.1 Å². The Morgan fingerprint density at radius 2 is 1.63 bits per heavy atom. The van der Waals surface area contributed by atoms with Gasteiger partial charge >= 0.3 is 0 Å². The summed E-state index contributed by atoms with van der Waals surface area (Å²) < 4.78 is 14.7. The van der Waals surface area contributed by atoms with Crippen molar-refractivity contribution >= 4 is 0 Å². The van der Waals surface area contributed by atoms with Gasteiger partial charge in [0.25, 0.3) is 0 Å². The molecule has 0 bridgehead atoms. The third-order valence-corrected chi connectivity index (χ3v) is 6.34. The van der Waals surface area contributed by atoms with Gasteiger partial charge in [-0.05, 0) is 123 Å². The summed E-state index contributed by atoms with van der Waals surface area (Å²) in [6.07, 6.45) is 15.2. The van der Waals surface area contributed by atoms with Gasteiger partial charge < -0.3 is 9.84 Å². The molecule has 2 heteroatoms. The van der Waals surface area contributed by atoms with Crippen molar-refractivity contribution in [2.75, 3.05) is 0 Å². The van der Waals surface area contributed by atoms with Crippen LogP contribution < -0.4 is 4.74 Å². The lowest BCUT2D eigenvalue weighted by Crippen LogP contribution is -2.36. The van der Waals surface area contributed by atoms with E-state index in [9.17, 15) is 5.11 Å². The summed E-state index contributed by atoms with van der Waals surface area (Å²) >= 11 is 0. The third-order valence-electron chi connectivity index (χ3n) is 6.34. The molecule has 166 valence electrons. The number of phenols is 1. The van der Waals surface area contributed by atoms with Crippen LogP contribution in [0, 0.1) is 13.8 Å². The molecule has 1 aliphatic rings. The number of aromatic hydroxyl groups is 1. The van der Waals surface area contributed by atoms with E-state index in [1.54, 1.807) is 0 Å². The molecule has 0 fully saturated rings. The van der Waals surface area contributed by atoms with Crippen LogP contribution in [-0.4, -0.2) is 10.7 Å². The molecule has 0 saturated carbocycles. The van der Waals surface area contributed by atoms with Gasteiger partial charge in [0.2, 0.25) is 0 Å². The molecule has 1 aromatic carbocycles. The summed E-state index contributed by atoms with van der Waals surface area (Å²) in [4.78, 5) is 0. The lowest BCUT2D eigenvalue weighted by Gasteiger charge is -2.37. The van der Waals surface area contributed by atoms with Crippen molar-refractivity contribution < 1.29 is 11.2 Å². The van der Waals surface area contributed by atoms with Crippen molar-refractivity contribution in [1.82, 2.24) is 0 Å². The molecular weight excluding hydrogens is 368 g/mol. The molecule has 2 nitrogen and oxygen atoms in total. The zero-order chi connectivity index (χ0) is 23.2. The summed E-state index contributed by atoms with van der Waals surface area (Å²) in [7, 11) is 0. The number of hydrogen-bond donors (Lipinski definition) is 1. The average Bonchev–Trinajstić information content (AvgIpc) is 2.70. The van der Waals surface area contributed by atoms with Gasteiger partial charge in [-0.25, -0.2) is 0 Å². The van der Waals surface area contributed by atoms with Crippen molar-refractivity contribution in [3.63, 3.8) is 0 Å². The van der Waals surface area contributed by atoms with Crippen molar-refractivity contribution in [2.45, 2.75) is 105 Å². The van der Waals surface area contributed by atoms with E-state index in [2.05, 4.69) is 52.8 Å². The monoisotopic (exact) mass is 411 g/mol. The van der Waals surface area contributed by atoms with Crippen LogP contribution in [0.4, 0.5) is 0 Å². The molecule has 0 spiro atoms. The van der Waals surface area contributed by atoms with Crippen LogP contribution in [-0.2, 0) is 6.42 Å². The number of benzene rings is 1. The Morgan fingerprint density at radius 1 is 1.03 bits per heavy atom. The summed E-state index contributed by atoms with van der Waals surface area (Å²) in [6, 6.07) is 0.236. The normalized spacial score (nSPS) is 19.8. The molecule has 1 atom stereocenters. The van der Waals surface area contributed by atoms with E-state index in [0.29, 0.717) is 0 Å². The van der Waals surface area contributed by atoms with Crippen LogP contribution >= 0.6 is 0 Å². The molecule has 0 saturated heterocycles. The van der Waals surface area contributed by atoms with E-state index in [0.717, 1.165) is 73.8 Å². The van der Waals surface area contributed by atoms with Gasteiger partial charge in [0, 0.05) is 0 Å². The Kier molecular flexibility index (Phi) is 8.24. The van der Waals surface area contributed by atoms with Gasteiger partial charge in [0.05, 0.1) is 1.37 Å². The van der Waals surface area contributed by atoms with E-state index in [4.69, 9.17) is 6.11 Å². The molecule has 1 N–H and O–H groups in total. The molecule has 1 heterocycles. The van der Waals surface area contributed by atoms with Gasteiger partial charge in [-0.2, -0.15) is 0 Å². The van der Waals surface area contributed by atoms with Crippen LogP contribution in [0.2, 0.25) is 0 Å². The molecule has 2 rings (SSSR count). The molecule has 0 aromatic heterocycles. The summed E-state index contributed by atoms with van der Waals surface area (Å²) in [5.74, 6) is 0.923. The van der Waals surface area contributed by atoms with Crippen LogP contribution in [0.25, 0.3) is 0 Å². The van der Waals surface area contributed by atoms with Crippen LogP contribution in [0.15, 0.2) is 41.0 Å². The highest BCUT2D eigenvalue weighted by Gasteiger charge is 2.32. The number of hydrogen-bond acceptors (Lipinski definition) is 2. The van der Waals surface area contributed by atoms with Gasteiger partial charge in [-0.15, -0.1) is 0 Å². The fraction of sp³-hybridized carbons (Fsp3) is 0.571. The van der Waals surface area contributed by atoms with E-state index in [-0.39, 0.29) is 17.4 Å². The fourth-order valence-electron chi connectivity index (χ4n) is 4.01. The van der Waals surface area contributed by atoms with Crippen molar-refractivity contribution in [1.29, 1.82) is 0 Å². The first kappa shape index (κ1) is 22.7. The predicted octanol–water partition coefficient (Wildman–Crippen LogP) is 8.29. The lowest BCUT2D eigenvalue weighted by atomic mass is 9.87. The zero-order valence-corrected chi connectivity index (χ0v) is 20.2. The zero-order valence-electron chi connectivity index (χ0n) is 21.2. The second-order valence-corrected chi connectivity index (χ2v) is 9.58. The maximum absolute atomic E-state index is 10.2. The topological polar surface area (TPSA) is 29.5 Å². The maximum Gasteiger partial charge on any atom is 0.126 e. The van der Waals surface area contributed by atoms with Gasteiger partial charge in [0.15, 0.2) is 0 Å².